The van der Waals surface area contributed by atoms with Gasteiger partial charge in [0.25, 0.3) is 5.69 Å². The summed E-state index contributed by atoms with van der Waals surface area (Å²) in [5.74, 6) is -1.31. The summed E-state index contributed by atoms with van der Waals surface area (Å²) in [6.45, 7) is 5.95. The number of nitro benzene ring substituents is 1. The Hall–Kier alpha value is -4.60. The molecule has 0 unspecified atom stereocenters. The monoisotopic (exact) mass is 553 g/mol. The van der Waals surface area contributed by atoms with Gasteiger partial charge in [-0.05, 0) is 54.5 Å². The van der Waals surface area contributed by atoms with E-state index in [2.05, 4.69) is 6.58 Å². The molecule has 0 bridgehead atoms. The van der Waals surface area contributed by atoms with Crippen molar-refractivity contribution in [2.24, 2.45) is 5.92 Å². The van der Waals surface area contributed by atoms with E-state index < -0.39 is 26.9 Å². The molecule has 0 N–H and O–H groups in total. The predicted octanol–water partition coefficient (Wildman–Crippen LogP) is 6.19. The Labute approximate surface area is 233 Å². The fourth-order valence-corrected chi connectivity index (χ4v) is 6.65. The second-order valence-corrected chi connectivity index (χ2v) is 11.5. The summed E-state index contributed by atoms with van der Waals surface area (Å²) in [6, 6.07) is 29.4. The van der Waals surface area contributed by atoms with E-state index in [0.29, 0.717) is 22.5 Å². The molecule has 1 saturated heterocycles. The smallest absolute Gasteiger partial charge is 0.269 e. The van der Waals surface area contributed by atoms with E-state index in [-0.39, 0.29) is 23.0 Å². The Morgan fingerprint density at radius 1 is 0.875 bits per heavy atom. The maximum Gasteiger partial charge on any atom is 0.269 e. The van der Waals surface area contributed by atoms with Gasteiger partial charge >= 0.3 is 0 Å². The first-order valence-corrected chi connectivity index (χ1v) is 14.1. The number of amides is 1. The average molecular weight is 554 g/mol. The van der Waals surface area contributed by atoms with E-state index in [1.165, 1.54) is 40.7 Å². The summed E-state index contributed by atoms with van der Waals surface area (Å²) in [5, 5.41) is 11.3. The van der Waals surface area contributed by atoms with Crippen molar-refractivity contribution in [3.8, 4) is 0 Å². The quantitative estimate of drug-likeness (QED) is 0.154. The lowest BCUT2D eigenvalue weighted by atomic mass is 9.90. The van der Waals surface area contributed by atoms with E-state index in [0.717, 1.165) is 5.56 Å². The van der Waals surface area contributed by atoms with Crippen LogP contribution in [0.4, 0.5) is 17.1 Å². The van der Waals surface area contributed by atoms with Gasteiger partial charge in [0.1, 0.15) is 0 Å². The molecule has 202 valence electrons. The normalized spacial score (nSPS) is 17.5. The van der Waals surface area contributed by atoms with Gasteiger partial charge in [0, 0.05) is 30.1 Å². The first-order chi connectivity index (χ1) is 19.2. The first kappa shape index (κ1) is 27.0. The van der Waals surface area contributed by atoms with E-state index in [9.17, 15) is 23.3 Å². The molecular formula is C31H27N3O5S. The zero-order valence-electron chi connectivity index (χ0n) is 21.8. The summed E-state index contributed by atoms with van der Waals surface area (Å²) in [5.41, 5.74) is 2.90. The number of nitrogens with zero attached hydrogens (tertiary/aromatic N) is 3. The molecule has 0 radical (unpaired) electrons. The van der Waals surface area contributed by atoms with Gasteiger partial charge in [0.2, 0.25) is 15.9 Å². The van der Waals surface area contributed by atoms with Crippen LogP contribution in [0.1, 0.15) is 17.2 Å². The minimum atomic E-state index is -4.07. The zero-order chi connectivity index (χ0) is 28.4. The highest BCUT2D eigenvalue weighted by atomic mass is 32.2. The van der Waals surface area contributed by atoms with Gasteiger partial charge in [0.05, 0.1) is 21.8 Å². The molecule has 0 aliphatic carbocycles. The highest BCUT2D eigenvalue weighted by Crippen LogP contribution is 2.46. The van der Waals surface area contributed by atoms with Gasteiger partial charge in [-0.15, -0.1) is 0 Å². The number of sulfonamides is 1. The number of benzene rings is 4. The number of para-hydroxylation sites is 2. The SMILES string of the molecule is C=C1CN(S(=O)(=O)c2ccc(C)cc2)[C@H](c2ccc([N+](=O)[O-])cc2)[C@H]1C(=O)N(c1ccccc1)c1ccccc1. The Bertz CT molecular complexity index is 1620. The van der Waals surface area contributed by atoms with Crippen molar-refractivity contribution in [3.63, 3.8) is 0 Å². The molecule has 1 heterocycles. The van der Waals surface area contributed by atoms with Crippen LogP contribution >= 0.6 is 0 Å². The van der Waals surface area contributed by atoms with Crippen molar-refractivity contribution in [1.82, 2.24) is 4.31 Å². The lowest BCUT2D eigenvalue weighted by Gasteiger charge is -2.31. The third-order valence-corrected chi connectivity index (χ3v) is 8.85. The van der Waals surface area contributed by atoms with Gasteiger partial charge in [0.15, 0.2) is 0 Å². The third-order valence-electron chi connectivity index (χ3n) is 7.01. The molecule has 9 heteroatoms. The Morgan fingerprint density at radius 3 is 1.90 bits per heavy atom. The van der Waals surface area contributed by atoms with Gasteiger partial charge in [-0.2, -0.15) is 4.31 Å². The molecule has 4 aromatic rings. The van der Waals surface area contributed by atoms with Crippen molar-refractivity contribution >= 4 is 33.0 Å². The molecule has 4 aromatic carbocycles. The highest BCUT2D eigenvalue weighted by molar-refractivity contribution is 7.89. The van der Waals surface area contributed by atoms with Crippen LogP contribution in [-0.4, -0.2) is 30.1 Å². The molecule has 0 spiro atoms. The fraction of sp³-hybridized carbons (Fsp3) is 0.129. The molecule has 8 nitrogen and oxygen atoms in total. The number of hydrogen-bond donors (Lipinski definition) is 0. The minimum Gasteiger partial charge on any atom is -0.280 e. The first-order valence-electron chi connectivity index (χ1n) is 12.6. The van der Waals surface area contributed by atoms with Crippen LogP contribution in [0, 0.1) is 23.0 Å². The van der Waals surface area contributed by atoms with Gasteiger partial charge in [-0.3, -0.25) is 19.8 Å². The van der Waals surface area contributed by atoms with Crippen molar-refractivity contribution in [1.29, 1.82) is 0 Å². The van der Waals surface area contributed by atoms with Gasteiger partial charge in [-0.1, -0.05) is 72.8 Å². The van der Waals surface area contributed by atoms with E-state index >= 15 is 0 Å². The van der Waals surface area contributed by atoms with Crippen molar-refractivity contribution in [3.05, 3.63) is 143 Å². The number of carbonyl (C=O) groups excluding carboxylic acids is 1. The zero-order valence-corrected chi connectivity index (χ0v) is 22.6. The molecule has 1 aliphatic heterocycles. The van der Waals surface area contributed by atoms with Crippen LogP contribution in [0.3, 0.4) is 0 Å². The molecule has 0 saturated carbocycles. The van der Waals surface area contributed by atoms with E-state index in [1.807, 2.05) is 67.6 Å². The second kappa shape index (κ2) is 10.9. The van der Waals surface area contributed by atoms with E-state index in [4.69, 9.17) is 0 Å². The predicted molar refractivity (Wildman–Crippen MR) is 154 cm³/mol. The molecule has 0 aromatic heterocycles. The topological polar surface area (TPSA) is 101 Å². The number of carbonyl (C=O) groups is 1. The number of nitro groups is 1. The molecule has 1 fully saturated rings. The van der Waals surface area contributed by atoms with Gasteiger partial charge in [-0.25, -0.2) is 8.42 Å². The lowest BCUT2D eigenvalue weighted by molar-refractivity contribution is -0.384. The number of aryl methyl sites for hydroxylation is 1. The molecule has 2 atom stereocenters. The lowest BCUT2D eigenvalue weighted by Crippen LogP contribution is -2.38. The van der Waals surface area contributed by atoms with Crippen molar-refractivity contribution in [2.75, 3.05) is 11.4 Å². The molecule has 5 rings (SSSR count). The number of hydrogen-bond acceptors (Lipinski definition) is 5. The average Bonchev–Trinajstić information content (AvgIpc) is 3.32. The summed E-state index contributed by atoms with van der Waals surface area (Å²) < 4.78 is 29.2. The molecular weight excluding hydrogens is 526 g/mol. The van der Waals surface area contributed by atoms with Crippen LogP contribution in [0.15, 0.2) is 126 Å². The van der Waals surface area contributed by atoms with Crippen LogP contribution in [0.2, 0.25) is 0 Å². The van der Waals surface area contributed by atoms with Crippen LogP contribution in [0.5, 0.6) is 0 Å². The maximum atomic E-state index is 14.5. The molecule has 40 heavy (non-hydrogen) atoms. The summed E-state index contributed by atoms with van der Waals surface area (Å²) in [4.78, 5) is 27.0. The number of anilines is 2. The standard InChI is InChI=1S/C31H27N3O5S/c1-22-13-19-28(20-14-22)40(38,39)32-21-23(2)29(30(32)24-15-17-27(18-16-24)34(36)37)31(35)33(25-9-5-3-6-10-25)26-11-7-4-8-12-26/h3-20,29-30H,2,21H2,1H3/t29-,30+/m0/s1. The second-order valence-electron chi connectivity index (χ2n) is 9.64. The summed E-state index contributed by atoms with van der Waals surface area (Å²) in [7, 11) is -4.07. The number of non-ortho nitro benzene ring substituents is 1. The summed E-state index contributed by atoms with van der Waals surface area (Å²) >= 11 is 0. The third kappa shape index (κ3) is 5.04. The fourth-order valence-electron chi connectivity index (χ4n) is 5.02. The van der Waals surface area contributed by atoms with Crippen molar-refractivity contribution in [2.45, 2.75) is 17.9 Å². The van der Waals surface area contributed by atoms with Crippen molar-refractivity contribution < 1.29 is 18.1 Å². The largest absolute Gasteiger partial charge is 0.280 e. The Kier molecular flexibility index (Phi) is 7.34. The number of rotatable bonds is 7. The molecule has 1 amide bonds. The minimum absolute atomic E-state index is 0.0777. The Morgan fingerprint density at radius 2 is 1.40 bits per heavy atom. The van der Waals surface area contributed by atoms with E-state index in [1.54, 1.807) is 17.0 Å². The maximum absolute atomic E-state index is 14.5. The van der Waals surface area contributed by atoms with Crippen LogP contribution in [-0.2, 0) is 14.8 Å². The van der Waals surface area contributed by atoms with Crippen LogP contribution < -0.4 is 4.90 Å². The van der Waals surface area contributed by atoms with Crippen LogP contribution in [0.25, 0.3) is 0 Å². The summed E-state index contributed by atoms with van der Waals surface area (Å²) in [6.07, 6.45) is 0. The van der Waals surface area contributed by atoms with Gasteiger partial charge < -0.3 is 0 Å². The Balaban J connectivity index is 1.65. The highest BCUT2D eigenvalue weighted by Gasteiger charge is 2.49. The molecule has 1 aliphatic rings.